The summed E-state index contributed by atoms with van der Waals surface area (Å²) >= 11 is 6.35. The lowest BCUT2D eigenvalue weighted by Gasteiger charge is -2.29. The number of alkyl halides is 1. The van der Waals surface area contributed by atoms with Crippen molar-refractivity contribution in [2.24, 2.45) is 0 Å². The number of benzene rings is 1. The Hall–Kier alpha value is -0.740. The summed E-state index contributed by atoms with van der Waals surface area (Å²) in [5.74, 6) is 0.181. The third-order valence-electron chi connectivity index (χ3n) is 3.72. The van der Waals surface area contributed by atoms with Crippen molar-refractivity contribution in [3.8, 4) is 0 Å². The van der Waals surface area contributed by atoms with Gasteiger partial charge in [0.15, 0.2) is 9.84 Å². The lowest BCUT2D eigenvalue weighted by Crippen LogP contribution is -2.33. The number of rotatable bonds is 5. The molecule has 1 N–H and O–H groups in total. The predicted octanol–water partition coefficient (Wildman–Crippen LogP) is 3.83. The molecule has 5 heteroatoms. The fourth-order valence-corrected chi connectivity index (χ4v) is 4.53. The molecule has 0 aromatic heterocycles. The van der Waals surface area contributed by atoms with Crippen LogP contribution in [0.3, 0.4) is 0 Å². The lowest BCUT2D eigenvalue weighted by atomic mass is 9.95. The van der Waals surface area contributed by atoms with E-state index < -0.39 is 9.84 Å². The van der Waals surface area contributed by atoms with E-state index in [0.717, 1.165) is 25.7 Å². The predicted molar refractivity (Wildman–Crippen MR) is 84.3 cm³/mol. The van der Waals surface area contributed by atoms with Gasteiger partial charge in [0, 0.05) is 6.04 Å². The van der Waals surface area contributed by atoms with Gasteiger partial charge in [-0.2, -0.15) is 0 Å². The minimum absolute atomic E-state index is 0.0747. The monoisotopic (exact) mass is 315 g/mol. The maximum atomic E-state index is 12.3. The minimum atomic E-state index is -3.21. The minimum Gasteiger partial charge on any atom is -0.380 e. The second-order valence-electron chi connectivity index (χ2n) is 5.37. The number of hydrogen-bond donors (Lipinski definition) is 1. The van der Waals surface area contributed by atoms with E-state index in [-0.39, 0.29) is 17.2 Å². The Kier molecular flexibility index (Phi) is 5.33. The summed E-state index contributed by atoms with van der Waals surface area (Å²) < 4.78 is 24.6. The Labute approximate surface area is 126 Å². The fraction of sp³-hybridized carbons (Fsp3) is 0.600. The topological polar surface area (TPSA) is 46.2 Å². The first kappa shape index (κ1) is 15.6. The van der Waals surface area contributed by atoms with Crippen LogP contribution in [0.4, 0.5) is 5.69 Å². The molecule has 0 aliphatic heterocycles. The third-order valence-corrected chi connectivity index (χ3v) is 6.21. The van der Waals surface area contributed by atoms with Crippen LogP contribution in [0.5, 0.6) is 0 Å². The van der Waals surface area contributed by atoms with Crippen LogP contribution in [-0.2, 0) is 9.84 Å². The molecule has 0 spiro atoms. The van der Waals surface area contributed by atoms with Gasteiger partial charge in [0.1, 0.15) is 0 Å². The third kappa shape index (κ3) is 3.67. The van der Waals surface area contributed by atoms with Gasteiger partial charge in [0.05, 0.1) is 21.7 Å². The second kappa shape index (κ2) is 6.81. The van der Waals surface area contributed by atoms with E-state index in [9.17, 15) is 8.42 Å². The highest BCUT2D eigenvalue weighted by Crippen LogP contribution is 2.29. The molecule has 0 heterocycles. The summed E-state index contributed by atoms with van der Waals surface area (Å²) in [5, 5.41) is 3.43. The van der Waals surface area contributed by atoms with Gasteiger partial charge < -0.3 is 5.32 Å². The molecule has 1 aromatic rings. The van der Waals surface area contributed by atoms with Crippen molar-refractivity contribution in [2.75, 3.05) is 11.1 Å². The van der Waals surface area contributed by atoms with Gasteiger partial charge in [0.2, 0.25) is 0 Å². The van der Waals surface area contributed by atoms with Gasteiger partial charge in [-0.3, -0.25) is 0 Å². The molecule has 0 radical (unpaired) electrons. The van der Waals surface area contributed by atoms with Crippen molar-refractivity contribution in [3.63, 3.8) is 0 Å². The van der Waals surface area contributed by atoms with Gasteiger partial charge >= 0.3 is 0 Å². The normalized spacial score (nSPS) is 23.5. The summed E-state index contributed by atoms with van der Waals surface area (Å²) in [6, 6.07) is 7.30. The molecule has 1 aromatic carbocycles. The largest absolute Gasteiger partial charge is 0.380 e. The first-order valence-corrected chi connectivity index (χ1v) is 9.36. The van der Waals surface area contributed by atoms with Crippen LogP contribution in [0.2, 0.25) is 0 Å². The molecule has 112 valence electrons. The van der Waals surface area contributed by atoms with Crippen LogP contribution in [-0.4, -0.2) is 25.6 Å². The highest BCUT2D eigenvalue weighted by atomic mass is 35.5. The number of hydrogen-bond acceptors (Lipinski definition) is 3. The fourth-order valence-electron chi connectivity index (χ4n) is 2.68. The molecule has 2 unspecified atom stereocenters. The van der Waals surface area contributed by atoms with E-state index >= 15 is 0 Å². The Bertz CT molecular complexity index is 545. The smallest absolute Gasteiger partial charge is 0.180 e. The van der Waals surface area contributed by atoms with Crippen molar-refractivity contribution in [2.45, 2.75) is 55.3 Å². The zero-order chi connectivity index (χ0) is 14.6. The molecule has 0 bridgehead atoms. The van der Waals surface area contributed by atoms with E-state index in [4.69, 9.17) is 11.6 Å². The lowest BCUT2D eigenvalue weighted by molar-refractivity contribution is 0.469. The molecule has 1 fully saturated rings. The van der Waals surface area contributed by atoms with Gasteiger partial charge in [-0.05, 0) is 31.4 Å². The van der Waals surface area contributed by atoms with Gasteiger partial charge in [-0.25, -0.2) is 8.42 Å². The molecular formula is C15H22ClNO2S. The van der Waals surface area contributed by atoms with E-state index in [0.29, 0.717) is 17.0 Å². The van der Waals surface area contributed by atoms with Crippen LogP contribution in [0.1, 0.15) is 39.0 Å². The number of para-hydroxylation sites is 1. The van der Waals surface area contributed by atoms with E-state index in [1.807, 2.05) is 19.1 Å². The molecule has 1 aliphatic rings. The van der Waals surface area contributed by atoms with Crippen LogP contribution in [0.15, 0.2) is 29.2 Å². The number of sulfone groups is 1. The Morgan fingerprint density at radius 2 is 1.95 bits per heavy atom. The highest BCUT2D eigenvalue weighted by molar-refractivity contribution is 7.91. The summed E-state index contributed by atoms with van der Waals surface area (Å²) in [6.45, 7) is 1.88. The van der Waals surface area contributed by atoms with E-state index in [1.165, 1.54) is 0 Å². The molecule has 2 rings (SSSR count). The van der Waals surface area contributed by atoms with E-state index in [1.54, 1.807) is 12.1 Å². The number of halogens is 1. The van der Waals surface area contributed by atoms with Gasteiger partial charge in [-0.1, -0.05) is 31.9 Å². The van der Waals surface area contributed by atoms with Crippen LogP contribution in [0, 0.1) is 0 Å². The molecule has 3 nitrogen and oxygen atoms in total. The van der Waals surface area contributed by atoms with Crippen LogP contribution in [0.25, 0.3) is 0 Å². The van der Waals surface area contributed by atoms with Crippen molar-refractivity contribution in [1.82, 2.24) is 0 Å². The average molecular weight is 316 g/mol. The summed E-state index contributed by atoms with van der Waals surface area (Å²) in [5.41, 5.74) is 0.693. The number of anilines is 1. The van der Waals surface area contributed by atoms with Crippen molar-refractivity contribution in [1.29, 1.82) is 0 Å². The van der Waals surface area contributed by atoms with E-state index in [2.05, 4.69) is 5.32 Å². The molecule has 0 saturated heterocycles. The molecule has 0 amide bonds. The zero-order valence-electron chi connectivity index (χ0n) is 11.8. The zero-order valence-corrected chi connectivity index (χ0v) is 13.4. The Morgan fingerprint density at radius 1 is 1.25 bits per heavy atom. The summed E-state index contributed by atoms with van der Waals surface area (Å²) in [4.78, 5) is 0.399. The SMILES string of the molecule is CCCS(=O)(=O)c1ccccc1NC1CCCCC1Cl. The summed E-state index contributed by atoms with van der Waals surface area (Å²) in [6.07, 6.45) is 4.91. The molecule has 1 aliphatic carbocycles. The van der Waals surface area contributed by atoms with Crippen molar-refractivity contribution >= 4 is 27.1 Å². The number of nitrogens with one attached hydrogen (secondary N) is 1. The first-order valence-electron chi connectivity index (χ1n) is 7.27. The summed E-state index contributed by atoms with van der Waals surface area (Å²) in [7, 11) is -3.21. The maximum absolute atomic E-state index is 12.3. The molecular weight excluding hydrogens is 294 g/mol. The average Bonchev–Trinajstić information content (AvgIpc) is 2.42. The molecule has 1 saturated carbocycles. The Morgan fingerprint density at radius 3 is 2.65 bits per heavy atom. The van der Waals surface area contributed by atoms with Crippen LogP contribution < -0.4 is 5.32 Å². The molecule has 2 atom stereocenters. The quantitative estimate of drug-likeness (QED) is 0.840. The van der Waals surface area contributed by atoms with Gasteiger partial charge in [0.25, 0.3) is 0 Å². The Balaban J connectivity index is 2.24. The molecule has 20 heavy (non-hydrogen) atoms. The van der Waals surface area contributed by atoms with Crippen molar-refractivity contribution in [3.05, 3.63) is 24.3 Å². The van der Waals surface area contributed by atoms with Crippen molar-refractivity contribution < 1.29 is 8.42 Å². The maximum Gasteiger partial charge on any atom is 0.180 e. The van der Waals surface area contributed by atoms with Gasteiger partial charge in [-0.15, -0.1) is 11.6 Å². The highest BCUT2D eigenvalue weighted by Gasteiger charge is 2.25. The standard InChI is InChI=1S/C15H22ClNO2S/c1-2-11-20(18,19)15-10-6-5-9-14(15)17-13-8-4-3-7-12(13)16/h5-6,9-10,12-13,17H,2-4,7-8,11H2,1H3. The second-order valence-corrected chi connectivity index (χ2v) is 8.00. The first-order chi connectivity index (χ1) is 9.54. The van der Waals surface area contributed by atoms with Crippen LogP contribution >= 0.6 is 11.6 Å².